The molecule has 2 aromatic heterocycles. The van der Waals surface area contributed by atoms with Crippen molar-refractivity contribution in [1.82, 2.24) is 14.9 Å². The number of thiophene rings is 1. The van der Waals surface area contributed by atoms with E-state index in [2.05, 4.69) is 20.7 Å². The number of rotatable bonds is 3. The molecule has 0 saturated carbocycles. The van der Waals surface area contributed by atoms with E-state index in [0.29, 0.717) is 0 Å². The first kappa shape index (κ1) is 13.3. The van der Waals surface area contributed by atoms with Crippen LogP contribution in [0.1, 0.15) is 25.3 Å². The van der Waals surface area contributed by atoms with Gasteiger partial charge in [-0.15, -0.1) is 11.3 Å². The number of anilines is 1. The molecule has 0 aliphatic carbocycles. The molecular weight excluding hydrogens is 272 g/mol. The van der Waals surface area contributed by atoms with Gasteiger partial charge in [0.05, 0.1) is 10.2 Å². The molecule has 5 nitrogen and oxygen atoms in total. The largest absolute Gasteiger partial charge is 0.357 e. The van der Waals surface area contributed by atoms with Gasteiger partial charge in [0.1, 0.15) is 18.2 Å². The topological polar surface area (TPSA) is 58.1 Å². The molecule has 6 heteroatoms. The van der Waals surface area contributed by atoms with Crippen LogP contribution >= 0.6 is 11.3 Å². The van der Waals surface area contributed by atoms with Crippen LogP contribution in [0.3, 0.4) is 0 Å². The van der Waals surface area contributed by atoms with Crippen LogP contribution in [0.15, 0.2) is 11.7 Å². The van der Waals surface area contributed by atoms with E-state index in [4.69, 9.17) is 0 Å². The lowest BCUT2D eigenvalue weighted by Crippen LogP contribution is -2.39. The number of hydrogen-bond acceptors (Lipinski definition) is 5. The highest BCUT2D eigenvalue weighted by Gasteiger charge is 2.24. The summed E-state index contributed by atoms with van der Waals surface area (Å²) in [5.41, 5.74) is 2.11. The molecule has 1 aliphatic heterocycles. The zero-order valence-corrected chi connectivity index (χ0v) is 12.5. The molecule has 1 aliphatic rings. The van der Waals surface area contributed by atoms with Gasteiger partial charge in [-0.25, -0.2) is 9.97 Å². The molecule has 1 amide bonds. The number of amides is 1. The molecular formula is C14H18N4OS. The van der Waals surface area contributed by atoms with E-state index in [0.717, 1.165) is 47.5 Å². The van der Waals surface area contributed by atoms with Crippen LogP contribution in [0.25, 0.3) is 10.2 Å². The van der Waals surface area contributed by atoms with E-state index in [9.17, 15) is 4.79 Å². The predicted octanol–water partition coefficient (Wildman–Crippen LogP) is 2.42. The maximum atomic E-state index is 12.3. The monoisotopic (exact) mass is 290 g/mol. The molecule has 1 atom stereocenters. The predicted molar refractivity (Wildman–Crippen MR) is 81.1 cm³/mol. The van der Waals surface area contributed by atoms with Crippen LogP contribution in [-0.2, 0) is 4.79 Å². The Morgan fingerprint density at radius 1 is 1.40 bits per heavy atom. The number of nitrogens with one attached hydrogen (secondary N) is 1. The maximum absolute atomic E-state index is 12.3. The smallest absolute Gasteiger partial charge is 0.244 e. The Kier molecular flexibility index (Phi) is 3.56. The number of hydrogen-bond donors (Lipinski definition) is 1. The SMILES string of the molecule is Cc1csc2c(NC(C)C(=O)N3CCCC3)ncnc12. The number of fused-ring (bicyclic) bond motifs is 1. The molecule has 2 aromatic rings. The fourth-order valence-electron chi connectivity index (χ4n) is 2.55. The lowest BCUT2D eigenvalue weighted by atomic mass is 10.2. The van der Waals surface area contributed by atoms with Gasteiger partial charge in [0, 0.05) is 13.1 Å². The van der Waals surface area contributed by atoms with Crippen LogP contribution < -0.4 is 5.32 Å². The van der Waals surface area contributed by atoms with Crippen molar-refractivity contribution in [3.05, 3.63) is 17.3 Å². The Bertz CT molecular complexity index is 633. The zero-order valence-electron chi connectivity index (χ0n) is 11.7. The molecule has 1 unspecified atom stereocenters. The summed E-state index contributed by atoms with van der Waals surface area (Å²) in [6, 6.07) is -0.256. The van der Waals surface area contributed by atoms with Crippen LogP contribution in [-0.4, -0.2) is 39.9 Å². The Morgan fingerprint density at radius 2 is 2.15 bits per heavy atom. The van der Waals surface area contributed by atoms with E-state index in [1.165, 1.54) is 0 Å². The fraction of sp³-hybridized carbons (Fsp3) is 0.500. The van der Waals surface area contributed by atoms with Crippen LogP contribution in [0, 0.1) is 6.92 Å². The second-order valence-electron chi connectivity index (χ2n) is 5.22. The minimum atomic E-state index is -0.256. The Labute approximate surface area is 122 Å². The molecule has 0 bridgehead atoms. The third kappa shape index (κ3) is 2.35. The van der Waals surface area contributed by atoms with E-state index in [1.54, 1.807) is 17.7 Å². The highest BCUT2D eigenvalue weighted by molar-refractivity contribution is 7.18. The van der Waals surface area contributed by atoms with Gasteiger partial charge < -0.3 is 10.2 Å². The third-order valence-corrected chi connectivity index (χ3v) is 4.77. The van der Waals surface area contributed by atoms with E-state index in [-0.39, 0.29) is 11.9 Å². The first-order chi connectivity index (χ1) is 9.66. The van der Waals surface area contributed by atoms with Gasteiger partial charge in [0.25, 0.3) is 0 Å². The van der Waals surface area contributed by atoms with Crippen LogP contribution in [0.5, 0.6) is 0 Å². The highest BCUT2D eigenvalue weighted by Crippen LogP contribution is 2.28. The van der Waals surface area contributed by atoms with Gasteiger partial charge in [0.15, 0.2) is 0 Å². The zero-order chi connectivity index (χ0) is 14.1. The van der Waals surface area contributed by atoms with Crippen molar-refractivity contribution in [2.45, 2.75) is 32.7 Å². The van der Waals surface area contributed by atoms with Gasteiger partial charge in [-0.1, -0.05) is 0 Å². The van der Waals surface area contributed by atoms with Gasteiger partial charge in [0.2, 0.25) is 5.91 Å². The summed E-state index contributed by atoms with van der Waals surface area (Å²) in [5.74, 6) is 0.913. The highest BCUT2D eigenvalue weighted by atomic mass is 32.1. The number of likely N-dealkylation sites (tertiary alicyclic amines) is 1. The van der Waals surface area contributed by atoms with Crippen molar-refractivity contribution in [2.24, 2.45) is 0 Å². The first-order valence-electron chi connectivity index (χ1n) is 6.91. The van der Waals surface area contributed by atoms with Gasteiger partial charge in [-0.3, -0.25) is 4.79 Å². The molecule has 3 heterocycles. The summed E-state index contributed by atoms with van der Waals surface area (Å²) < 4.78 is 1.02. The fourth-order valence-corrected chi connectivity index (χ4v) is 3.51. The lowest BCUT2D eigenvalue weighted by Gasteiger charge is -2.21. The summed E-state index contributed by atoms with van der Waals surface area (Å²) in [4.78, 5) is 22.8. The molecule has 0 spiro atoms. The number of nitrogens with zero attached hydrogens (tertiary/aromatic N) is 3. The normalized spacial score (nSPS) is 16.6. The summed E-state index contributed by atoms with van der Waals surface area (Å²) in [6.45, 7) is 5.69. The second kappa shape index (κ2) is 5.36. The van der Waals surface area contributed by atoms with Crippen molar-refractivity contribution in [3.63, 3.8) is 0 Å². The number of carbonyl (C=O) groups is 1. The first-order valence-corrected chi connectivity index (χ1v) is 7.79. The van der Waals surface area contributed by atoms with E-state index in [1.807, 2.05) is 18.7 Å². The molecule has 3 rings (SSSR count). The standard InChI is InChI=1S/C14H18N4OS/c1-9-7-20-12-11(9)15-8-16-13(12)17-10(2)14(19)18-5-3-4-6-18/h7-8,10H,3-6H2,1-2H3,(H,15,16,17). The van der Waals surface area contributed by atoms with E-state index < -0.39 is 0 Å². The summed E-state index contributed by atoms with van der Waals surface area (Å²) >= 11 is 1.61. The quantitative estimate of drug-likeness (QED) is 0.943. The average molecular weight is 290 g/mol. The van der Waals surface area contributed by atoms with Crippen molar-refractivity contribution >= 4 is 33.3 Å². The number of aromatic nitrogens is 2. The van der Waals surface area contributed by atoms with Gasteiger partial charge >= 0.3 is 0 Å². The van der Waals surface area contributed by atoms with E-state index >= 15 is 0 Å². The molecule has 106 valence electrons. The lowest BCUT2D eigenvalue weighted by molar-refractivity contribution is -0.130. The van der Waals surface area contributed by atoms with Gasteiger partial charge in [-0.05, 0) is 37.6 Å². The Balaban J connectivity index is 1.80. The number of carbonyl (C=O) groups excluding carboxylic acids is 1. The molecule has 1 N–H and O–H groups in total. The number of aryl methyl sites for hydroxylation is 1. The van der Waals surface area contributed by atoms with Gasteiger partial charge in [-0.2, -0.15) is 0 Å². The van der Waals surface area contributed by atoms with Crippen molar-refractivity contribution in [2.75, 3.05) is 18.4 Å². The van der Waals surface area contributed by atoms with Crippen molar-refractivity contribution in [3.8, 4) is 0 Å². The van der Waals surface area contributed by atoms with Crippen LogP contribution in [0.4, 0.5) is 5.82 Å². The Hall–Kier alpha value is -1.69. The van der Waals surface area contributed by atoms with Crippen LogP contribution in [0.2, 0.25) is 0 Å². The van der Waals surface area contributed by atoms with Crippen molar-refractivity contribution in [1.29, 1.82) is 0 Å². The Morgan fingerprint density at radius 3 is 2.90 bits per heavy atom. The second-order valence-corrected chi connectivity index (χ2v) is 6.10. The minimum Gasteiger partial charge on any atom is -0.357 e. The molecule has 0 radical (unpaired) electrons. The molecule has 0 aromatic carbocycles. The third-order valence-electron chi connectivity index (χ3n) is 3.67. The molecule has 1 saturated heterocycles. The molecule has 20 heavy (non-hydrogen) atoms. The minimum absolute atomic E-state index is 0.155. The summed E-state index contributed by atoms with van der Waals surface area (Å²) in [7, 11) is 0. The van der Waals surface area contributed by atoms with Crippen molar-refractivity contribution < 1.29 is 4.79 Å². The molecule has 1 fully saturated rings. The maximum Gasteiger partial charge on any atom is 0.244 e. The average Bonchev–Trinajstić information content (AvgIpc) is 3.09. The summed E-state index contributed by atoms with van der Waals surface area (Å²) in [6.07, 6.45) is 3.78. The summed E-state index contributed by atoms with van der Waals surface area (Å²) in [5, 5.41) is 5.31.